The second-order valence-electron chi connectivity index (χ2n) is 5.13. The summed E-state index contributed by atoms with van der Waals surface area (Å²) in [4.78, 5) is 19.7. The molecule has 1 amide bonds. The van der Waals surface area contributed by atoms with E-state index < -0.39 is 0 Å². The Morgan fingerprint density at radius 2 is 2.00 bits per heavy atom. The van der Waals surface area contributed by atoms with Gasteiger partial charge in [0, 0.05) is 16.8 Å². The van der Waals surface area contributed by atoms with Crippen LogP contribution in [0.25, 0.3) is 11.3 Å². The summed E-state index contributed by atoms with van der Waals surface area (Å²) in [6.45, 7) is 5.76. The first-order chi connectivity index (χ1) is 10.0. The monoisotopic (exact) mass is 287 g/mol. The number of hydrogen-bond acceptors (Lipinski definition) is 3. The van der Waals surface area contributed by atoms with Crippen molar-refractivity contribution in [3.8, 4) is 11.3 Å². The number of nitrogens with zero attached hydrogens (tertiary/aromatic N) is 1. The molecule has 1 unspecified atom stereocenters. The zero-order valence-electron chi connectivity index (χ0n) is 12.6. The molecule has 1 aromatic heterocycles. The normalized spacial score (nSPS) is 12.2. The molecule has 21 heavy (non-hydrogen) atoms. The summed E-state index contributed by atoms with van der Waals surface area (Å²) in [6, 6.07) is 7.12. The van der Waals surface area contributed by atoms with Gasteiger partial charge in [-0.2, -0.15) is 0 Å². The van der Waals surface area contributed by atoms with Crippen LogP contribution in [0.2, 0.25) is 0 Å². The number of nitrogens with one attached hydrogen (secondary N) is 2. The van der Waals surface area contributed by atoms with Crippen molar-refractivity contribution in [3.63, 3.8) is 0 Å². The summed E-state index contributed by atoms with van der Waals surface area (Å²) in [5, 5.41) is 11.9. The zero-order chi connectivity index (χ0) is 15.4. The summed E-state index contributed by atoms with van der Waals surface area (Å²) < 4.78 is 0. The Labute approximate surface area is 124 Å². The minimum Gasteiger partial charge on any atom is -0.394 e. The van der Waals surface area contributed by atoms with Gasteiger partial charge in [-0.1, -0.05) is 19.1 Å². The summed E-state index contributed by atoms with van der Waals surface area (Å²) in [6.07, 6.45) is 0.700. The highest BCUT2D eigenvalue weighted by molar-refractivity contribution is 5.94. The van der Waals surface area contributed by atoms with Gasteiger partial charge < -0.3 is 15.4 Å². The van der Waals surface area contributed by atoms with Gasteiger partial charge in [-0.15, -0.1) is 0 Å². The lowest BCUT2D eigenvalue weighted by Crippen LogP contribution is -2.36. The van der Waals surface area contributed by atoms with Gasteiger partial charge in [0.2, 0.25) is 0 Å². The summed E-state index contributed by atoms with van der Waals surface area (Å²) in [5.74, 6) is 0.704. The van der Waals surface area contributed by atoms with Gasteiger partial charge in [0.1, 0.15) is 5.82 Å². The van der Waals surface area contributed by atoms with E-state index in [1.165, 1.54) is 0 Å². The standard InChI is InChI=1S/C16H21N3O2/c1-4-14(9-20)19-16(21)13-7-5-12(6-8-13)15-10(2)17-11(3)18-15/h5-8,14,20H,4,9H2,1-3H3,(H,17,18)(H,19,21). The Morgan fingerprint density at radius 3 is 2.48 bits per heavy atom. The van der Waals surface area contributed by atoms with Crippen LogP contribution in [-0.4, -0.2) is 33.6 Å². The van der Waals surface area contributed by atoms with Crippen LogP contribution in [0.5, 0.6) is 0 Å². The lowest BCUT2D eigenvalue weighted by Gasteiger charge is -2.14. The number of aryl methyl sites for hydroxylation is 2. The molecule has 0 aliphatic carbocycles. The van der Waals surface area contributed by atoms with Gasteiger partial charge in [-0.05, 0) is 32.4 Å². The summed E-state index contributed by atoms with van der Waals surface area (Å²) in [7, 11) is 0. The molecule has 2 rings (SSSR count). The Kier molecular flexibility index (Phi) is 4.75. The number of aliphatic hydroxyl groups excluding tert-OH is 1. The molecular formula is C16H21N3O2. The predicted octanol–water partition coefficient (Wildman–Crippen LogP) is 2.19. The maximum absolute atomic E-state index is 12.0. The number of carbonyl (C=O) groups excluding carboxylic acids is 1. The number of hydrogen-bond donors (Lipinski definition) is 3. The lowest BCUT2D eigenvalue weighted by molar-refractivity contribution is 0.0915. The molecule has 1 heterocycles. The molecule has 0 bridgehead atoms. The summed E-state index contributed by atoms with van der Waals surface area (Å²) >= 11 is 0. The number of aliphatic hydroxyl groups is 1. The van der Waals surface area contributed by atoms with Crippen molar-refractivity contribution in [3.05, 3.63) is 41.3 Å². The van der Waals surface area contributed by atoms with Crippen molar-refractivity contribution in [1.29, 1.82) is 0 Å². The van der Waals surface area contributed by atoms with Crippen LogP contribution in [0.3, 0.4) is 0 Å². The fourth-order valence-corrected chi connectivity index (χ4v) is 2.22. The Morgan fingerprint density at radius 1 is 1.33 bits per heavy atom. The topological polar surface area (TPSA) is 78.0 Å². The van der Waals surface area contributed by atoms with E-state index in [1.807, 2.05) is 32.9 Å². The average Bonchev–Trinajstić information content (AvgIpc) is 2.83. The quantitative estimate of drug-likeness (QED) is 0.789. The minimum atomic E-state index is -0.201. The van der Waals surface area contributed by atoms with Crippen molar-refractivity contribution < 1.29 is 9.90 Å². The van der Waals surface area contributed by atoms with Crippen molar-refractivity contribution in [1.82, 2.24) is 15.3 Å². The maximum atomic E-state index is 12.0. The predicted molar refractivity (Wildman–Crippen MR) is 82.1 cm³/mol. The van der Waals surface area contributed by atoms with Gasteiger partial charge in [0.25, 0.3) is 5.91 Å². The highest BCUT2D eigenvalue weighted by atomic mass is 16.3. The molecule has 112 valence electrons. The molecule has 0 radical (unpaired) electrons. The lowest BCUT2D eigenvalue weighted by atomic mass is 10.1. The third-order valence-electron chi connectivity index (χ3n) is 3.47. The maximum Gasteiger partial charge on any atom is 0.251 e. The highest BCUT2D eigenvalue weighted by Gasteiger charge is 2.12. The number of carbonyl (C=O) groups is 1. The Bertz CT molecular complexity index is 613. The van der Waals surface area contributed by atoms with Gasteiger partial charge >= 0.3 is 0 Å². The third kappa shape index (κ3) is 3.49. The third-order valence-corrected chi connectivity index (χ3v) is 3.47. The number of H-pyrrole nitrogens is 1. The van der Waals surface area contributed by atoms with Crippen molar-refractivity contribution in [2.75, 3.05) is 6.61 Å². The second kappa shape index (κ2) is 6.54. The van der Waals surface area contributed by atoms with E-state index in [0.29, 0.717) is 12.0 Å². The van der Waals surface area contributed by atoms with E-state index in [1.54, 1.807) is 12.1 Å². The fraction of sp³-hybridized carbons (Fsp3) is 0.375. The molecule has 0 aliphatic heterocycles. The molecule has 1 aromatic carbocycles. The first-order valence-electron chi connectivity index (χ1n) is 7.10. The first kappa shape index (κ1) is 15.3. The van der Waals surface area contributed by atoms with Crippen LogP contribution < -0.4 is 5.32 Å². The van der Waals surface area contributed by atoms with Gasteiger partial charge in [-0.25, -0.2) is 4.98 Å². The Balaban J connectivity index is 2.15. The van der Waals surface area contributed by atoms with Crippen molar-refractivity contribution in [2.24, 2.45) is 0 Å². The number of benzene rings is 1. The van der Waals surface area contributed by atoms with E-state index >= 15 is 0 Å². The molecule has 2 aromatic rings. The molecule has 3 N–H and O–H groups in total. The summed E-state index contributed by atoms with van der Waals surface area (Å²) in [5.41, 5.74) is 3.47. The largest absolute Gasteiger partial charge is 0.394 e. The molecular weight excluding hydrogens is 266 g/mol. The molecule has 0 spiro atoms. The molecule has 0 saturated heterocycles. The number of aromatic nitrogens is 2. The molecule has 0 saturated carbocycles. The van der Waals surface area contributed by atoms with Crippen LogP contribution in [0, 0.1) is 13.8 Å². The van der Waals surface area contributed by atoms with E-state index in [2.05, 4.69) is 15.3 Å². The fourth-order valence-electron chi connectivity index (χ4n) is 2.22. The van der Waals surface area contributed by atoms with Gasteiger partial charge in [-0.3, -0.25) is 4.79 Å². The van der Waals surface area contributed by atoms with E-state index in [4.69, 9.17) is 5.11 Å². The van der Waals surface area contributed by atoms with E-state index in [0.717, 1.165) is 22.8 Å². The van der Waals surface area contributed by atoms with Crippen LogP contribution in [0.4, 0.5) is 0 Å². The van der Waals surface area contributed by atoms with E-state index in [9.17, 15) is 4.79 Å². The van der Waals surface area contributed by atoms with Crippen LogP contribution in [0.1, 0.15) is 35.2 Å². The van der Waals surface area contributed by atoms with E-state index in [-0.39, 0.29) is 18.6 Å². The number of amides is 1. The number of imidazole rings is 1. The highest BCUT2D eigenvalue weighted by Crippen LogP contribution is 2.21. The number of aromatic amines is 1. The zero-order valence-corrected chi connectivity index (χ0v) is 12.6. The average molecular weight is 287 g/mol. The minimum absolute atomic E-state index is 0.0495. The SMILES string of the molecule is CCC(CO)NC(=O)c1ccc(-c2nc(C)[nH]c2C)cc1. The van der Waals surface area contributed by atoms with Crippen LogP contribution >= 0.6 is 0 Å². The smallest absolute Gasteiger partial charge is 0.251 e. The van der Waals surface area contributed by atoms with Gasteiger partial charge in [0.15, 0.2) is 0 Å². The van der Waals surface area contributed by atoms with Crippen molar-refractivity contribution >= 4 is 5.91 Å². The van der Waals surface area contributed by atoms with Crippen LogP contribution in [0.15, 0.2) is 24.3 Å². The molecule has 0 fully saturated rings. The van der Waals surface area contributed by atoms with Crippen molar-refractivity contribution in [2.45, 2.75) is 33.2 Å². The Hall–Kier alpha value is -2.14. The number of rotatable bonds is 5. The first-order valence-corrected chi connectivity index (χ1v) is 7.10. The second-order valence-corrected chi connectivity index (χ2v) is 5.13. The molecule has 0 aliphatic rings. The molecule has 5 nitrogen and oxygen atoms in total. The van der Waals surface area contributed by atoms with Crippen LogP contribution in [-0.2, 0) is 0 Å². The molecule has 5 heteroatoms. The van der Waals surface area contributed by atoms with Gasteiger partial charge in [0.05, 0.1) is 18.3 Å². The molecule has 1 atom stereocenters.